The summed E-state index contributed by atoms with van der Waals surface area (Å²) in [4.78, 5) is 0. The standard InChI is InChI=1S/C10H4BrCl2FN2/c11-5-1-2-8(14)6(3-5)7-4-9(12)15-16-10(7)13/h1-4H. The first kappa shape index (κ1) is 11.8. The van der Waals surface area contributed by atoms with Crippen molar-refractivity contribution in [3.05, 3.63) is 44.9 Å². The lowest BCUT2D eigenvalue weighted by atomic mass is 10.1. The number of hydrogen-bond acceptors (Lipinski definition) is 2. The fourth-order valence-electron chi connectivity index (χ4n) is 1.25. The van der Waals surface area contributed by atoms with E-state index in [-0.39, 0.29) is 10.3 Å². The van der Waals surface area contributed by atoms with Crippen LogP contribution in [0, 0.1) is 5.82 Å². The minimum atomic E-state index is -0.394. The number of benzene rings is 1. The maximum absolute atomic E-state index is 13.6. The largest absolute Gasteiger partial charge is 0.206 e. The number of rotatable bonds is 1. The van der Waals surface area contributed by atoms with Crippen LogP contribution in [0.3, 0.4) is 0 Å². The van der Waals surface area contributed by atoms with E-state index >= 15 is 0 Å². The van der Waals surface area contributed by atoms with E-state index in [0.717, 1.165) is 4.47 Å². The number of hydrogen-bond donors (Lipinski definition) is 0. The van der Waals surface area contributed by atoms with Crippen molar-refractivity contribution in [2.75, 3.05) is 0 Å². The van der Waals surface area contributed by atoms with Gasteiger partial charge < -0.3 is 0 Å². The molecule has 16 heavy (non-hydrogen) atoms. The average Bonchev–Trinajstić information content (AvgIpc) is 2.25. The van der Waals surface area contributed by atoms with Gasteiger partial charge in [-0.25, -0.2) is 4.39 Å². The summed E-state index contributed by atoms with van der Waals surface area (Å²) in [7, 11) is 0. The van der Waals surface area contributed by atoms with Crippen molar-refractivity contribution in [1.82, 2.24) is 10.2 Å². The lowest BCUT2D eigenvalue weighted by molar-refractivity contribution is 0.631. The third-order valence-electron chi connectivity index (χ3n) is 1.94. The fraction of sp³-hybridized carbons (Fsp3) is 0. The maximum atomic E-state index is 13.6. The molecule has 0 aliphatic carbocycles. The average molecular weight is 322 g/mol. The molecule has 0 saturated heterocycles. The van der Waals surface area contributed by atoms with Gasteiger partial charge in [0.05, 0.1) is 0 Å². The van der Waals surface area contributed by atoms with Gasteiger partial charge in [0.25, 0.3) is 0 Å². The zero-order chi connectivity index (χ0) is 11.7. The van der Waals surface area contributed by atoms with Crippen LogP contribution < -0.4 is 0 Å². The highest BCUT2D eigenvalue weighted by Crippen LogP contribution is 2.31. The smallest absolute Gasteiger partial charge is 0.159 e. The van der Waals surface area contributed by atoms with Gasteiger partial charge in [-0.2, -0.15) is 0 Å². The van der Waals surface area contributed by atoms with Crippen molar-refractivity contribution in [3.63, 3.8) is 0 Å². The van der Waals surface area contributed by atoms with Crippen molar-refractivity contribution >= 4 is 39.1 Å². The van der Waals surface area contributed by atoms with Gasteiger partial charge in [-0.15, -0.1) is 10.2 Å². The third kappa shape index (κ3) is 2.34. The summed E-state index contributed by atoms with van der Waals surface area (Å²) in [6, 6.07) is 6.02. The highest BCUT2D eigenvalue weighted by atomic mass is 79.9. The molecule has 2 aromatic rings. The highest BCUT2D eigenvalue weighted by molar-refractivity contribution is 9.10. The zero-order valence-electron chi connectivity index (χ0n) is 7.72. The summed E-state index contributed by atoms with van der Waals surface area (Å²) < 4.78 is 14.3. The van der Waals surface area contributed by atoms with Crippen LogP contribution in [0.2, 0.25) is 10.3 Å². The molecule has 0 saturated carbocycles. The first-order valence-corrected chi connectivity index (χ1v) is 5.77. The molecule has 0 fully saturated rings. The normalized spacial score (nSPS) is 10.5. The first-order valence-electron chi connectivity index (χ1n) is 4.22. The van der Waals surface area contributed by atoms with Crippen molar-refractivity contribution in [2.45, 2.75) is 0 Å². The molecule has 2 rings (SSSR count). The van der Waals surface area contributed by atoms with Gasteiger partial charge in [0.15, 0.2) is 10.3 Å². The lowest BCUT2D eigenvalue weighted by Gasteiger charge is -2.05. The van der Waals surface area contributed by atoms with Gasteiger partial charge in [-0.05, 0) is 24.3 Å². The Morgan fingerprint density at radius 2 is 1.81 bits per heavy atom. The molecule has 1 aromatic carbocycles. The lowest BCUT2D eigenvalue weighted by Crippen LogP contribution is -1.90. The molecule has 0 N–H and O–H groups in total. The second-order valence-electron chi connectivity index (χ2n) is 3.00. The van der Waals surface area contributed by atoms with Gasteiger partial charge in [0.2, 0.25) is 0 Å². The predicted molar refractivity (Wildman–Crippen MR) is 65.1 cm³/mol. The van der Waals surface area contributed by atoms with Crippen LogP contribution in [0.5, 0.6) is 0 Å². The molecular formula is C10H4BrCl2FN2. The summed E-state index contributed by atoms with van der Waals surface area (Å²) in [6.45, 7) is 0. The van der Waals surface area contributed by atoms with E-state index in [1.54, 1.807) is 12.1 Å². The van der Waals surface area contributed by atoms with Crippen LogP contribution in [0.1, 0.15) is 0 Å². The molecule has 1 heterocycles. The van der Waals surface area contributed by atoms with Crippen molar-refractivity contribution < 1.29 is 4.39 Å². The molecular weight excluding hydrogens is 318 g/mol. The molecule has 2 nitrogen and oxygen atoms in total. The summed E-state index contributed by atoms with van der Waals surface area (Å²) in [5, 5.41) is 7.47. The molecule has 0 aliphatic heterocycles. The third-order valence-corrected chi connectivity index (χ3v) is 2.89. The maximum Gasteiger partial charge on any atom is 0.159 e. The fourth-order valence-corrected chi connectivity index (χ4v) is 1.95. The Bertz CT molecular complexity index is 499. The van der Waals surface area contributed by atoms with E-state index in [9.17, 15) is 4.39 Å². The Kier molecular flexibility index (Phi) is 3.42. The number of halogens is 4. The van der Waals surface area contributed by atoms with Crippen LogP contribution in [0.25, 0.3) is 11.1 Å². The highest BCUT2D eigenvalue weighted by Gasteiger charge is 2.11. The van der Waals surface area contributed by atoms with E-state index < -0.39 is 5.82 Å². The Morgan fingerprint density at radius 1 is 1.06 bits per heavy atom. The molecule has 1 aromatic heterocycles. The Morgan fingerprint density at radius 3 is 2.56 bits per heavy atom. The van der Waals surface area contributed by atoms with Crippen LogP contribution in [0.15, 0.2) is 28.7 Å². The van der Waals surface area contributed by atoms with E-state index in [1.807, 2.05) is 0 Å². The van der Waals surface area contributed by atoms with Gasteiger partial charge in [-0.1, -0.05) is 39.1 Å². The van der Waals surface area contributed by atoms with E-state index in [0.29, 0.717) is 11.1 Å². The summed E-state index contributed by atoms with van der Waals surface area (Å²) in [5.41, 5.74) is 0.747. The van der Waals surface area contributed by atoms with Gasteiger partial charge in [0.1, 0.15) is 5.82 Å². The first-order chi connectivity index (χ1) is 7.58. The van der Waals surface area contributed by atoms with E-state index in [4.69, 9.17) is 23.2 Å². The van der Waals surface area contributed by atoms with Gasteiger partial charge in [0, 0.05) is 15.6 Å². The molecule has 82 valence electrons. The zero-order valence-corrected chi connectivity index (χ0v) is 10.8. The minimum absolute atomic E-state index is 0.112. The topological polar surface area (TPSA) is 25.8 Å². The molecule has 0 spiro atoms. The van der Waals surface area contributed by atoms with E-state index in [2.05, 4.69) is 26.1 Å². The Balaban J connectivity index is 2.66. The molecule has 6 heteroatoms. The van der Waals surface area contributed by atoms with E-state index in [1.165, 1.54) is 12.1 Å². The van der Waals surface area contributed by atoms with Crippen molar-refractivity contribution in [2.24, 2.45) is 0 Å². The molecule has 0 aliphatic rings. The molecule has 0 radical (unpaired) electrons. The number of aromatic nitrogens is 2. The predicted octanol–water partition coefficient (Wildman–Crippen LogP) is 4.35. The van der Waals surface area contributed by atoms with Gasteiger partial charge in [-0.3, -0.25) is 0 Å². The second-order valence-corrected chi connectivity index (χ2v) is 4.66. The van der Waals surface area contributed by atoms with Crippen LogP contribution in [-0.4, -0.2) is 10.2 Å². The molecule has 0 amide bonds. The minimum Gasteiger partial charge on any atom is -0.206 e. The summed E-state index contributed by atoms with van der Waals surface area (Å²) >= 11 is 14.8. The Labute approximate surface area is 110 Å². The molecule has 0 atom stereocenters. The second kappa shape index (κ2) is 4.65. The van der Waals surface area contributed by atoms with Crippen LogP contribution in [0.4, 0.5) is 4.39 Å². The van der Waals surface area contributed by atoms with Crippen LogP contribution >= 0.6 is 39.1 Å². The summed E-state index contributed by atoms with van der Waals surface area (Å²) in [5.74, 6) is -0.394. The molecule has 0 bridgehead atoms. The van der Waals surface area contributed by atoms with Crippen molar-refractivity contribution in [1.29, 1.82) is 0 Å². The molecule has 0 unspecified atom stereocenters. The monoisotopic (exact) mass is 320 g/mol. The van der Waals surface area contributed by atoms with Crippen molar-refractivity contribution in [3.8, 4) is 11.1 Å². The SMILES string of the molecule is Fc1ccc(Br)cc1-c1cc(Cl)nnc1Cl. The Hall–Kier alpha value is -0.710. The number of nitrogens with zero attached hydrogens (tertiary/aromatic N) is 2. The summed E-state index contributed by atoms with van der Waals surface area (Å²) in [6.07, 6.45) is 0. The quantitative estimate of drug-likeness (QED) is 0.780. The van der Waals surface area contributed by atoms with Crippen LogP contribution in [-0.2, 0) is 0 Å². The van der Waals surface area contributed by atoms with Gasteiger partial charge >= 0.3 is 0 Å².